The molecule has 0 spiro atoms. The normalized spacial score (nSPS) is 10.1. The third-order valence-corrected chi connectivity index (χ3v) is 1.75. The maximum absolute atomic E-state index is 4.01. The summed E-state index contributed by atoms with van der Waals surface area (Å²) in [7, 11) is 0. The van der Waals surface area contributed by atoms with E-state index in [1.54, 1.807) is 10.7 Å². The molecule has 0 bridgehead atoms. The second-order valence-corrected chi connectivity index (χ2v) is 2.72. The Kier molecular flexibility index (Phi) is 1.67. The predicted octanol–water partition coefficient (Wildman–Crippen LogP) is 1.98. The van der Waals surface area contributed by atoms with Crippen molar-refractivity contribution in [1.29, 1.82) is 0 Å². The molecule has 0 aliphatic carbocycles. The average molecular weight is 157 g/mol. The third kappa shape index (κ3) is 1.23. The van der Waals surface area contributed by atoms with Gasteiger partial charge in [-0.1, -0.05) is 17.7 Å². The molecule has 0 aliphatic heterocycles. The molecule has 1 aromatic carbocycles. The van der Waals surface area contributed by atoms with Crippen LogP contribution < -0.4 is 0 Å². The summed E-state index contributed by atoms with van der Waals surface area (Å²) in [6.45, 7) is 2.07. The lowest BCUT2D eigenvalue weighted by atomic mass is 10.2. The van der Waals surface area contributed by atoms with Gasteiger partial charge in [-0.05, 0) is 25.1 Å². The lowest BCUT2D eigenvalue weighted by molar-refractivity contribution is 0.877. The van der Waals surface area contributed by atoms with E-state index in [1.165, 1.54) is 5.56 Å². The van der Waals surface area contributed by atoms with Crippen molar-refractivity contribution in [1.82, 2.24) is 9.78 Å². The predicted molar refractivity (Wildman–Crippen MR) is 47.1 cm³/mol. The van der Waals surface area contributed by atoms with Crippen LogP contribution in [0.1, 0.15) is 5.56 Å². The maximum Gasteiger partial charge on any atom is 0.113 e. The second kappa shape index (κ2) is 2.81. The first-order valence-corrected chi connectivity index (χ1v) is 3.85. The maximum atomic E-state index is 4.01. The van der Waals surface area contributed by atoms with Crippen LogP contribution in [0.2, 0.25) is 0 Å². The first-order chi connectivity index (χ1) is 5.86. The first kappa shape index (κ1) is 7.10. The lowest BCUT2D eigenvalue weighted by Crippen LogP contribution is -1.93. The van der Waals surface area contributed by atoms with Crippen molar-refractivity contribution in [3.63, 3.8) is 0 Å². The Morgan fingerprint density at radius 3 is 2.58 bits per heavy atom. The Balaban J connectivity index is 2.43. The summed E-state index contributed by atoms with van der Waals surface area (Å²) in [6, 6.07) is 10.0. The zero-order valence-electron chi connectivity index (χ0n) is 6.86. The van der Waals surface area contributed by atoms with Crippen molar-refractivity contribution >= 4 is 0 Å². The highest BCUT2D eigenvalue weighted by atomic mass is 15.3. The summed E-state index contributed by atoms with van der Waals surface area (Å²) < 4.78 is 1.79. The van der Waals surface area contributed by atoms with Crippen LogP contribution in [-0.4, -0.2) is 9.78 Å². The summed E-state index contributed by atoms with van der Waals surface area (Å²) in [6.07, 6.45) is 4.64. The molecule has 0 saturated carbocycles. The van der Waals surface area contributed by atoms with Gasteiger partial charge in [0.15, 0.2) is 0 Å². The fourth-order valence-electron chi connectivity index (χ4n) is 1.07. The molecule has 12 heavy (non-hydrogen) atoms. The smallest absolute Gasteiger partial charge is 0.113 e. The summed E-state index contributed by atoms with van der Waals surface area (Å²) in [5.41, 5.74) is 2.33. The quantitative estimate of drug-likeness (QED) is 0.619. The number of benzene rings is 1. The van der Waals surface area contributed by atoms with E-state index in [9.17, 15) is 0 Å². The molecule has 2 heteroatoms. The van der Waals surface area contributed by atoms with Crippen LogP contribution in [0.3, 0.4) is 0 Å². The molecule has 0 fully saturated rings. The summed E-state index contributed by atoms with van der Waals surface area (Å²) >= 11 is 0. The van der Waals surface area contributed by atoms with Crippen molar-refractivity contribution in [2.24, 2.45) is 0 Å². The van der Waals surface area contributed by atoms with Crippen LogP contribution in [0.15, 0.2) is 36.5 Å². The SMILES string of the molecule is Cc1ccc(-n2cc[c]n2)cc1. The van der Waals surface area contributed by atoms with Crippen molar-refractivity contribution in [2.75, 3.05) is 0 Å². The van der Waals surface area contributed by atoms with Crippen molar-refractivity contribution < 1.29 is 0 Å². The number of hydrogen-bond donors (Lipinski definition) is 0. The Bertz CT molecular complexity index is 346. The van der Waals surface area contributed by atoms with E-state index in [1.807, 2.05) is 18.3 Å². The van der Waals surface area contributed by atoms with Gasteiger partial charge in [-0.2, -0.15) is 5.10 Å². The molecule has 0 aliphatic rings. The van der Waals surface area contributed by atoms with Gasteiger partial charge in [0, 0.05) is 6.20 Å². The molecule has 2 aromatic rings. The summed E-state index contributed by atoms with van der Waals surface area (Å²) in [5, 5.41) is 4.01. The zero-order chi connectivity index (χ0) is 8.39. The van der Waals surface area contributed by atoms with E-state index in [0.717, 1.165) is 5.69 Å². The Morgan fingerprint density at radius 1 is 1.25 bits per heavy atom. The molecule has 1 aromatic heterocycles. The molecular formula is C10H9N2. The van der Waals surface area contributed by atoms with Crippen LogP contribution in [0, 0.1) is 13.1 Å². The number of aromatic nitrogens is 2. The molecule has 0 atom stereocenters. The third-order valence-electron chi connectivity index (χ3n) is 1.75. The van der Waals surface area contributed by atoms with Gasteiger partial charge in [0.1, 0.15) is 6.20 Å². The average Bonchev–Trinajstić information content (AvgIpc) is 2.58. The van der Waals surface area contributed by atoms with E-state index in [4.69, 9.17) is 0 Å². The van der Waals surface area contributed by atoms with E-state index >= 15 is 0 Å². The van der Waals surface area contributed by atoms with E-state index in [2.05, 4.69) is 30.4 Å². The Labute approximate surface area is 71.5 Å². The van der Waals surface area contributed by atoms with Gasteiger partial charge in [-0.15, -0.1) is 0 Å². The van der Waals surface area contributed by atoms with E-state index in [0.29, 0.717) is 0 Å². The minimum atomic E-state index is 1.07. The lowest BCUT2D eigenvalue weighted by Gasteiger charge is -1.99. The number of aryl methyl sites for hydroxylation is 1. The fraction of sp³-hybridized carbons (Fsp3) is 0.100. The summed E-state index contributed by atoms with van der Waals surface area (Å²) in [4.78, 5) is 0. The molecule has 0 N–H and O–H groups in total. The molecule has 59 valence electrons. The molecule has 0 saturated heterocycles. The topological polar surface area (TPSA) is 17.8 Å². The van der Waals surface area contributed by atoms with Crippen molar-refractivity contribution in [2.45, 2.75) is 6.92 Å². The van der Waals surface area contributed by atoms with Gasteiger partial charge in [0.25, 0.3) is 0 Å². The van der Waals surface area contributed by atoms with Crippen LogP contribution >= 0.6 is 0 Å². The van der Waals surface area contributed by atoms with Crippen molar-refractivity contribution in [3.8, 4) is 5.69 Å². The molecule has 0 unspecified atom stereocenters. The van der Waals surface area contributed by atoms with Crippen molar-refractivity contribution in [3.05, 3.63) is 48.3 Å². The number of nitrogens with zero attached hydrogens (tertiary/aromatic N) is 2. The van der Waals surface area contributed by atoms with Crippen LogP contribution in [0.4, 0.5) is 0 Å². The van der Waals surface area contributed by atoms with E-state index in [-0.39, 0.29) is 0 Å². The molecular weight excluding hydrogens is 148 g/mol. The molecule has 0 amide bonds. The number of hydrogen-bond acceptors (Lipinski definition) is 1. The minimum Gasteiger partial charge on any atom is -0.240 e. The van der Waals surface area contributed by atoms with Gasteiger partial charge in [0.05, 0.1) is 5.69 Å². The monoisotopic (exact) mass is 157 g/mol. The molecule has 2 nitrogen and oxygen atoms in total. The minimum absolute atomic E-state index is 1.07. The molecule has 2 rings (SSSR count). The van der Waals surface area contributed by atoms with Gasteiger partial charge >= 0.3 is 0 Å². The van der Waals surface area contributed by atoms with E-state index < -0.39 is 0 Å². The van der Waals surface area contributed by atoms with Gasteiger partial charge in [0.2, 0.25) is 0 Å². The molecule has 1 heterocycles. The Hall–Kier alpha value is -1.57. The standard InChI is InChI=1S/C10H9N2/c1-9-3-5-10(6-4-9)12-8-2-7-11-12/h2-6,8H,1H3. The first-order valence-electron chi connectivity index (χ1n) is 3.85. The number of rotatable bonds is 1. The molecule has 1 radical (unpaired) electrons. The zero-order valence-corrected chi connectivity index (χ0v) is 6.86. The highest BCUT2D eigenvalue weighted by Crippen LogP contribution is 2.06. The second-order valence-electron chi connectivity index (χ2n) is 2.72. The van der Waals surface area contributed by atoms with Crippen LogP contribution in [0.5, 0.6) is 0 Å². The van der Waals surface area contributed by atoms with Gasteiger partial charge in [-0.25, -0.2) is 4.68 Å². The fourth-order valence-corrected chi connectivity index (χ4v) is 1.07. The summed E-state index contributed by atoms with van der Waals surface area (Å²) in [5.74, 6) is 0. The highest BCUT2D eigenvalue weighted by molar-refractivity contribution is 5.32. The van der Waals surface area contributed by atoms with Gasteiger partial charge < -0.3 is 0 Å². The Morgan fingerprint density at radius 2 is 2.00 bits per heavy atom. The van der Waals surface area contributed by atoms with Gasteiger partial charge in [-0.3, -0.25) is 0 Å². The largest absolute Gasteiger partial charge is 0.240 e. The van der Waals surface area contributed by atoms with Crippen LogP contribution in [0.25, 0.3) is 5.69 Å². The van der Waals surface area contributed by atoms with Crippen LogP contribution in [-0.2, 0) is 0 Å². The highest BCUT2D eigenvalue weighted by Gasteiger charge is 1.93.